The minimum absolute atomic E-state index is 0. The zero-order chi connectivity index (χ0) is 31.8. The maximum atomic E-state index is 6.83. The van der Waals surface area contributed by atoms with Crippen molar-refractivity contribution in [3.05, 3.63) is 141 Å². The molecule has 8 rings (SSSR count). The number of benzene rings is 3. The molecular weight excluding hydrogens is 750 g/mol. The molecule has 48 heavy (non-hydrogen) atoms. The Labute approximate surface area is 318 Å². The van der Waals surface area contributed by atoms with Gasteiger partial charge in [-0.05, 0) is 0 Å². The van der Waals surface area contributed by atoms with Crippen molar-refractivity contribution >= 4 is 26.4 Å². The fraction of sp³-hybridized carbons (Fsp3) is 0.419. The predicted molar refractivity (Wildman–Crippen MR) is 193 cm³/mol. The molecule has 0 nitrogen and oxygen atoms in total. The number of halogens is 4. The van der Waals surface area contributed by atoms with Crippen LogP contribution in [0.4, 0.5) is 0 Å². The Morgan fingerprint density at radius 3 is 2.00 bits per heavy atom. The van der Waals surface area contributed by atoms with Crippen molar-refractivity contribution in [2.45, 2.75) is 78.9 Å². The first-order valence-corrected chi connectivity index (χ1v) is 22.3. The van der Waals surface area contributed by atoms with Gasteiger partial charge in [0.05, 0.1) is 0 Å². The normalized spacial score (nSPS) is 29.4. The fourth-order valence-electron chi connectivity index (χ4n) is 10.9. The summed E-state index contributed by atoms with van der Waals surface area (Å²) in [5.41, 5.74) is 9.72. The molecule has 0 aromatic heterocycles. The quantitative estimate of drug-likeness (QED) is 0.268. The molecule has 0 amide bonds. The van der Waals surface area contributed by atoms with E-state index in [9.17, 15) is 0 Å². The maximum absolute atomic E-state index is 6.83. The number of fused-ring (bicyclic) bond motifs is 7. The first kappa shape index (κ1) is 36.6. The third-order valence-electron chi connectivity index (χ3n) is 13.5. The van der Waals surface area contributed by atoms with E-state index in [1.807, 2.05) is 23.3 Å². The monoisotopic (exact) mass is 792 g/mol. The third kappa shape index (κ3) is 5.70. The van der Waals surface area contributed by atoms with Gasteiger partial charge in [-0.1, -0.05) is 0 Å². The van der Waals surface area contributed by atoms with E-state index < -0.39 is 21.3 Å². The molecule has 0 N–H and O–H groups in total. The molecule has 0 heterocycles. The Bertz CT molecular complexity index is 1770. The summed E-state index contributed by atoms with van der Waals surface area (Å²) in [4.78, 5) is 0. The second-order valence-corrected chi connectivity index (χ2v) is 23.8. The van der Waals surface area contributed by atoms with Gasteiger partial charge in [-0.25, -0.2) is 0 Å². The van der Waals surface area contributed by atoms with Crippen molar-refractivity contribution in [2.75, 3.05) is 0 Å². The van der Waals surface area contributed by atoms with Gasteiger partial charge >= 0.3 is 296 Å². The van der Waals surface area contributed by atoms with Crippen LogP contribution in [0.1, 0.15) is 88.0 Å². The van der Waals surface area contributed by atoms with Gasteiger partial charge in [0.2, 0.25) is 0 Å². The molecule has 0 bridgehead atoms. The van der Waals surface area contributed by atoms with E-state index in [1.54, 1.807) is 14.3 Å². The van der Waals surface area contributed by atoms with E-state index in [2.05, 4.69) is 113 Å². The summed E-state index contributed by atoms with van der Waals surface area (Å²) in [6.07, 6.45) is 17.8. The standard InChI is InChI=1S/C25H33.C13H8Cl2.C5H5.2ClH.Zr/c1-15-13-21-19-11-7-8-12-20(19)24-18-10-6-5-9-17(18)14-22(24)23(21)16(2)25(15,3)4;14-12-5-1-3-10(8-12)7-11-4-2-6-13(15)9-11;1-2-4-5-3-1;;;/h5-6,9-10,15,19-21,24H,7-8,11-14H2,1-4H3;1-6,8-9H;1-5H;2*1H;/q;;;;;+2/p-2. The minimum atomic E-state index is -2.89. The SMILES string of the molecule is CC1CC2C(=C3Cc4ccccc4C3C3CCCCC23)[C](C)([Zr+2](=[C](c2cccc(Cl)c2)c2cccc(Cl)c2)[CH]2C=CC=C2)C1(C)C.[Cl-].[Cl-]. The minimum Gasteiger partial charge on any atom is -1.00 e. The van der Waals surface area contributed by atoms with Crippen molar-refractivity contribution in [1.29, 1.82) is 0 Å². The van der Waals surface area contributed by atoms with Crippen molar-refractivity contribution in [3.8, 4) is 0 Å². The summed E-state index contributed by atoms with van der Waals surface area (Å²) in [6, 6.07) is 27.0. The average Bonchev–Trinajstić information content (AvgIpc) is 3.71. The zero-order valence-corrected chi connectivity index (χ0v) is 33.9. The molecular formula is C43H46Cl4Zr. The van der Waals surface area contributed by atoms with Crippen LogP contribution in [0.15, 0.2) is 108 Å². The Morgan fingerprint density at radius 1 is 0.771 bits per heavy atom. The van der Waals surface area contributed by atoms with Crippen molar-refractivity contribution in [2.24, 2.45) is 29.1 Å². The van der Waals surface area contributed by atoms with Gasteiger partial charge in [-0.3, -0.25) is 0 Å². The van der Waals surface area contributed by atoms with Crippen molar-refractivity contribution in [1.82, 2.24) is 0 Å². The molecule has 2 saturated carbocycles. The van der Waals surface area contributed by atoms with Gasteiger partial charge in [0.1, 0.15) is 0 Å². The molecule has 5 heteroatoms. The van der Waals surface area contributed by atoms with Gasteiger partial charge < -0.3 is 24.8 Å². The molecule has 2 fully saturated rings. The first-order chi connectivity index (χ1) is 22.2. The maximum Gasteiger partial charge on any atom is -1.00 e. The predicted octanol–water partition coefficient (Wildman–Crippen LogP) is 6.42. The largest absolute Gasteiger partial charge is 1.00 e. The summed E-state index contributed by atoms with van der Waals surface area (Å²) >= 11 is 10.8. The second-order valence-electron chi connectivity index (χ2n) is 15.6. The molecule has 5 aliphatic rings. The van der Waals surface area contributed by atoms with E-state index >= 15 is 0 Å². The molecule has 5 aliphatic carbocycles. The van der Waals surface area contributed by atoms with Crippen LogP contribution in [0, 0.1) is 29.1 Å². The molecule has 3 aromatic rings. The molecule has 0 spiro atoms. The third-order valence-corrected chi connectivity index (χ3v) is 24.2. The van der Waals surface area contributed by atoms with Gasteiger partial charge in [0.25, 0.3) is 0 Å². The van der Waals surface area contributed by atoms with Crippen molar-refractivity contribution < 1.29 is 46.1 Å². The van der Waals surface area contributed by atoms with Crippen molar-refractivity contribution in [3.63, 3.8) is 0 Å². The van der Waals surface area contributed by atoms with Gasteiger partial charge in [0, 0.05) is 0 Å². The van der Waals surface area contributed by atoms with Crippen LogP contribution in [0.25, 0.3) is 0 Å². The Morgan fingerprint density at radius 2 is 1.38 bits per heavy atom. The summed E-state index contributed by atoms with van der Waals surface area (Å²) in [7, 11) is 0. The molecule has 0 radical (unpaired) electrons. The number of hydrogen-bond donors (Lipinski definition) is 0. The van der Waals surface area contributed by atoms with Crippen LogP contribution >= 0.6 is 23.2 Å². The van der Waals surface area contributed by atoms with Crippen LogP contribution in [0.2, 0.25) is 16.8 Å². The van der Waals surface area contributed by atoms with E-state index in [0.29, 0.717) is 21.4 Å². The van der Waals surface area contributed by atoms with Gasteiger partial charge in [-0.2, -0.15) is 0 Å². The topological polar surface area (TPSA) is 0 Å². The summed E-state index contributed by atoms with van der Waals surface area (Å²) in [5.74, 6) is 3.50. The summed E-state index contributed by atoms with van der Waals surface area (Å²) in [6.45, 7) is 10.7. The fourth-order valence-corrected chi connectivity index (χ4v) is 22.7. The van der Waals surface area contributed by atoms with E-state index in [0.717, 1.165) is 28.3 Å². The molecule has 0 saturated heterocycles. The van der Waals surface area contributed by atoms with Gasteiger partial charge in [0.15, 0.2) is 0 Å². The smallest absolute Gasteiger partial charge is 1.00 e. The van der Waals surface area contributed by atoms with Crippen LogP contribution in [0.5, 0.6) is 0 Å². The van der Waals surface area contributed by atoms with Crippen LogP contribution < -0.4 is 24.8 Å². The van der Waals surface area contributed by atoms with Gasteiger partial charge in [-0.15, -0.1) is 0 Å². The Kier molecular flexibility index (Phi) is 10.7. The van der Waals surface area contributed by atoms with E-state index in [1.165, 1.54) is 43.2 Å². The Hall–Kier alpha value is -1.21. The van der Waals surface area contributed by atoms with Crippen LogP contribution in [0.3, 0.4) is 0 Å². The second kappa shape index (κ2) is 14.1. The van der Waals surface area contributed by atoms with E-state index in [-0.39, 0.29) is 33.4 Å². The number of rotatable bonds is 4. The van der Waals surface area contributed by atoms with E-state index in [4.69, 9.17) is 23.2 Å². The molecule has 6 atom stereocenters. The van der Waals surface area contributed by atoms with Crippen LogP contribution in [-0.4, -0.2) is 3.21 Å². The molecule has 0 aliphatic heterocycles. The molecule has 6 unspecified atom stereocenters. The summed E-state index contributed by atoms with van der Waals surface area (Å²) in [5, 5.41) is 1.63. The van der Waals surface area contributed by atoms with Crippen LogP contribution in [-0.2, 0) is 27.7 Å². The zero-order valence-electron chi connectivity index (χ0n) is 28.5. The average molecular weight is 796 g/mol. The Balaban J connectivity index is 0.00000201. The molecule has 3 aromatic carbocycles. The number of hydrogen-bond acceptors (Lipinski definition) is 0. The number of allylic oxidation sites excluding steroid dienone is 6. The summed E-state index contributed by atoms with van der Waals surface area (Å²) < 4.78 is 2.12. The molecule has 250 valence electrons. The first-order valence-electron chi connectivity index (χ1n) is 17.6.